The molecule has 0 aliphatic carbocycles. The van der Waals surface area contributed by atoms with Gasteiger partial charge in [-0.3, -0.25) is 4.98 Å². The molecule has 1 aromatic carbocycles. The van der Waals surface area contributed by atoms with Gasteiger partial charge in [0.1, 0.15) is 5.82 Å². The quantitative estimate of drug-likeness (QED) is 0.679. The molecule has 3 aromatic rings. The molecule has 0 unspecified atom stereocenters. The van der Waals surface area contributed by atoms with Crippen LogP contribution in [0.1, 0.15) is 18.4 Å². The molecule has 0 saturated heterocycles. The van der Waals surface area contributed by atoms with Crippen molar-refractivity contribution in [2.45, 2.75) is 19.8 Å². The molecule has 4 rings (SSSR count). The van der Waals surface area contributed by atoms with Gasteiger partial charge in [-0.15, -0.1) is 0 Å². The molecule has 5 nitrogen and oxygen atoms in total. The van der Waals surface area contributed by atoms with Gasteiger partial charge in [-0.1, -0.05) is 30.3 Å². The van der Waals surface area contributed by atoms with E-state index in [-0.39, 0.29) is 0 Å². The number of rotatable bonds is 4. The lowest BCUT2D eigenvalue weighted by molar-refractivity contribution is 0.688. The van der Waals surface area contributed by atoms with E-state index in [1.54, 1.807) is 12.4 Å². The van der Waals surface area contributed by atoms with E-state index in [0.29, 0.717) is 0 Å². The Bertz CT molecular complexity index is 999. The van der Waals surface area contributed by atoms with Gasteiger partial charge in [0.15, 0.2) is 5.82 Å². The zero-order chi connectivity index (χ0) is 20.2. The Labute approximate surface area is 172 Å². The van der Waals surface area contributed by atoms with Crippen LogP contribution in [0.2, 0.25) is 0 Å². The van der Waals surface area contributed by atoms with E-state index in [9.17, 15) is 0 Å². The van der Waals surface area contributed by atoms with Crippen molar-refractivity contribution >= 4 is 17.2 Å². The predicted molar refractivity (Wildman–Crippen MR) is 121 cm³/mol. The Morgan fingerprint density at radius 3 is 2.72 bits per heavy atom. The molecular weight excluding hydrogens is 358 g/mol. The minimum Gasteiger partial charge on any atom is -0.372 e. The Balaban J connectivity index is 1.74. The van der Waals surface area contributed by atoms with Crippen LogP contribution in [0.5, 0.6) is 0 Å². The first-order chi connectivity index (χ1) is 14.1. The highest BCUT2D eigenvalue weighted by molar-refractivity contribution is 5.75. The first kappa shape index (κ1) is 19.0. The maximum atomic E-state index is 5.09. The van der Waals surface area contributed by atoms with Crippen molar-refractivity contribution in [3.05, 3.63) is 78.9 Å². The van der Waals surface area contributed by atoms with E-state index in [0.717, 1.165) is 60.2 Å². The third-order valence-corrected chi connectivity index (χ3v) is 5.24. The minimum absolute atomic E-state index is 0.809. The Morgan fingerprint density at radius 1 is 1.07 bits per heavy atom. The Hall–Kier alpha value is -3.34. The fourth-order valence-corrected chi connectivity index (χ4v) is 3.68. The number of nitrogens with one attached hydrogen (secondary N) is 1. The minimum atomic E-state index is 0.809. The lowest BCUT2D eigenvalue weighted by Crippen LogP contribution is -2.33. The molecule has 0 atom stereocenters. The fourth-order valence-electron chi connectivity index (χ4n) is 3.68. The summed E-state index contributed by atoms with van der Waals surface area (Å²) < 4.78 is 0. The molecule has 0 saturated carbocycles. The summed E-state index contributed by atoms with van der Waals surface area (Å²) in [5.74, 6) is 1.75. The second kappa shape index (κ2) is 8.35. The monoisotopic (exact) mass is 385 g/mol. The number of benzene rings is 1. The molecule has 0 bridgehead atoms. The van der Waals surface area contributed by atoms with Gasteiger partial charge >= 0.3 is 0 Å². The summed E-state index contributed by atoms with van der Waals surface area (Å²) in [6, 6.07) is 16.7. The van der Waals surface area contributed by atoms with Crippen molar-refractivity contribution in [2.24, 2.45) is 0 Å². The van der Waals surface area contributed by atoms with E-state index >= 15 is 0 Å². The normalized spacial score (nSPS) is 14.0. The number of anilines is 3. The lowest BCUT2D eigenvalue weighted by atomic mass is 10.1. The first-order valence-electron chi connectivity index (χ1n) is 10.0. The van der Waals surface area contributed by atoms with Crippen LogP contribution >= 0.6 is 0 Å². The first-order valence-corrected chi connectivity index (χ1v) is 10.0. The van der Waals surface area contributed by atoms with E-state index in [1.807, 2.05) is 12.1 Å². The molecule has 1 aliphatic rings. The van der Waals surface area contributed by atoms with Gasteiger partial charge < -0.3 is 15.1 Å². The van der Waals surface area contributed by atoms with Gasteiger partial charge in [0.2, 0.25) is 0 Å². The smallest absolute Gasteiger partial charge is 0.158 e. The molecule has 0 fully saturated rings. The maximum absolute atomic E-state index is 5.09. The predicted octanol–water partition coefficient (Wildman–Crippen LogP) is 5.07. The molecule has 0 radical (unpaired) electrons. The van der Waals surface area contributed by atoms with Crippen LogP contribution in [0.3, 0.4) is 0 Å². The average molecular weight is 386 g/mol. The fraction of sp³-hybridized carbons (Fsp3) is 0.250. The highest BCUT2D eigenvalue weighted by Gasteiger charge is 2.22. The highest BCUT2D eigenvalue weighted by Crippen LogP contribution is 2.34. The number of nitrogens with zero attached hydrogens (tertiary/aromatic N) is 4. The van der Waals surface area contributed by atoms with Crippen molar-refractivity contribution in [1.29, 1.82) is 0 Å². The molecule has 0 spiro atoms. The van der Waals surface area contributed by atoms with Crippen LogP contribution in [-0.4, -0.2) is 30.1 Å². The highest BCUT2D eigenvalue weighted by atomic mass is 15.3. The van der Waals surface area contributed by atoms with Gasteiger partial charge in [-0.2, -0.15) is 0 Å². The van der Waals surface area contributed by atoms with Crippen molar-refractivity contribution in [2.75, 3.05) is 35.3 Å². The zero-order valence-electron chi connectivity index (χ0n) is 17.1. The summed E-state index contributed by atoms with van der Waals surface area (Å²) in [7, 11) is 2.13. The summed E-state index contributed by atoms with van der Waals surface area (Å²) >= 11 is 0. The zero-order valence-corrected chi connectivity index (χ0v) is 17.1. The van der Waals surface area contributed by atoms with Crippen molar-refractivity contribution < 1.29 is 0 Å². The number of hydrogen-bond acceptors (Lipinski definition) is 5. The third kappa shape index (κ3) is 4.24. The van der Waals surface area contributed by atoms with Crippen LogP contribution in [0.25, 0.3) is 11.3 Å². The molecule has 148 valence electrons. The van der Waals surface area contributed by atoms with Crippen molar-refractivity contribution in [3.8, 4) is 11.3 Å². The van der Waals surface area contributed by atoms with Crippen LogP contribution in [0, 0.1) is 6.92 Å². The van der Waals surface area contributed by atoms with Crippen LogP contribution in [-0.2, 0) is 0 Å². The van der Waals surface area contributed by atoms with Crippen LogP contribution in [0.15, 0.2) is 73.3 Å². The van der Waals surface area contributed by atoms with Gasteiger partial charge in [0.05, 0.1) is 23.3 Å². The number of fused-ring (bicyclic) bond motifs is 1. The van der Waals surface area contributed by atoms with Gasteiger partial charge in [0.25, 0.3) is 0 Å². The van der Waals surface area contributed by atoms with E-state index < -0.39 is 0 Å². The number of aromatic nitrogens is 2. The molecule has 29 heavy (non-hydrogen) atoms. The van der Waals surface area contributed by atoms with Crippen LogP contribution in [0.4, 0.5) is 17.2 Å². The summed E-state index contributed by atoms with van der Waals surface area (Å²) in [5.41, 5.74) is 5.37. The average Bonchev–Trinajstić information content (AvgIpc) is 2.72. The van der Waals surface area contributed by atoms with Crippen molar-refractivity contribution in [3.63, 3.8) is 0 Å². The van der Waals surface area contributed by atoms with Gasteiger partial charge in [-0.05, 0) is 50.1 Å². The van der Waals surface area contributed by atoms with E-state index in [4.69, 9.17) is 4.98 Å². The number of pyridine rings is 2. The maximum Gasteiger partial charge on any atom is 0.158 e. The second-order valence-electron chi connectivity index (χ2n) is 7.50. The Kier molecular flexibility index (Phi) is 5.47. The summed E-state index contributed by atoms with van der Waals surface area (Å²) in [6.45, 7) is 8.32. The standard InChI is InChI=1S/C24H27N5/c1-18-8-6-9-20(16-18)22-11-12-23-24(27-22)29(15-5-4-14-28(23)3)19(2)26-21-10-7-13-25-17-21/h6-13,16-17,26H,2,4-5,14-15H2,1,3H3. The van der Waals surface area contributed by atoms with Gasteiger partial charge in [-0.25, -0.2) is 4.98 Å². The largest absolute Gasteiger partial charge is 0.372 e. The third-order valence-electron chi connectivity index (χ3n) is 5.24. The van der Waals surface area contributed by atoms with E-state index in [1.165, 1.54) is 5.56 Å². The molecule has 0 amide bonds. The summed E-state index contributed by atoms with van der Waals surface area (Å²) in [5, 5.41) is 3.39. The number of aryl methyl sites for hydroxylation is 1. The SMILES string of the molecule is C=C(Nc1cccnc1)N1CCCCN(C)c2ccc(-c3cccc(C)c3)nc21. The van der Waals surface area contributed by atoms with E-state index in [2.05, 4.69) is 77.0 Å². The Morgan fingerprint density at radius 2 is 1.93 bits per heavy atom. The number of hydrogen-bond donors (Lipinski definition) is 1. The summed E-state index contributed by atoms with van der Waals surface area (Å²) in [6.07, 6.45) is 5.78. The molecule has 5 heteroatoms. The summed E-state index contributed by atoms with van der Waals surface area (Å²) in [4.78, 5) is 13.8. The lowest BCUT2D eigenvalue weighted by Gasteiger charge is -2.34. The topological polar surface area (TPSA) is 44.3 Å². The van der Waals surface area contributed by atoms with Gasteiger partial charge in [0, 0.05) is 31.9 Å². The molecule has 1 aliphatic heterocycles. The molecule has 3 heterocycles. The van der Waals surface area contributed by atoms with Crippen molar-refractivity contribution in [1.82, 2.24) is 9.97 Å². The van der Waals surface area contributed by atoms with Crippen LogP contribution < -0.4 is 15.1 Å². The molecule has 1 N–H and O–H groups in total. The molecular formula is C24H27N5. The molecule has 2 aromatic heterocycles. The second-order valence-corrected chi connectivity index (χ2v) is 7.50.